The predicted molar refractivity (Wildman–Crippen MR) is 114 cm³/mol. The van der Waals surface area contributed by atoms with Crippen molar-refractivity contribution in [2.24, 2.45) is 0 Å². The molecular weight excluding hydrogens is 411 g/mol. The highest BCUT2D eigenvalue weighted by Gasteiger charge is 2.32. The Hall–Kier alpha value is -2.03. The number of hydrogen-bond donors (Lipinski definition) is 1. The Kier molecular flexibility index (Phi) is 7.44. The van der Waals surface area contributed by atoms with Crippen LogP contribution >= 0.6 is 11.8 Å². The number of piperazine rings is 1. The normalized spacial score (nSPS) is 15.9. The summed E-state index contributed by atoms with van der Waals surface area (Å²) in [6, 6.07) is 14.0. The molecule has 0 spiro atoms. The van der Waals surface area contributed by atoms with Crippen LogP contribution in [0.4, 0.5) is 18.9 Å². The summed E-state index contributed by atoms with van der Waals surface area (Å²) >= 11 is 1.68. The monoisotopic (exact) mass is 437 g/mol. The maximum atomic E-state index is 12.5. The van der Waals surface area contributed by atoms with E-state index in [1.807, 2.05) is 29.2 Å². The maximum Gasteiger partial charge on any atom is 0.401 e. The summed E-state index contributed by atoms with van der Waals surface area (Å²) in [6.07, 6.45) is -4.18. The molecule has 0 aliphatic carbocycles. The summed E-state index contributed by atoms with van der Waals surface area (Å²) in [6.45, 7) is 4.98. The van der Waals surface area contributed by atoms with Crippen molar-refractivity contribution in [3.63, 3.8) is 0 Å². The zero-order chi connectivity index (χ0) is 21.7. The molecule has 1 aliphatic heterocycles. The average Bonchev–Trinajstić information content (AvgIpc) is 2.67. The van der Waals surface area contributed by atoms with Gasteiger partial charge in [0.05, 0.1) is 13.1 Å². The minimum Gasteiger partial charge on any atom is -0.325 e. The van der Waals surface area contributed by atoms with Crippen LogP contribution in [0.25, 0.3) is 0 Å². The molecule has 0 unspecified atom stereocenters. The van der Waals surface area contributed by atoms with E-state index in [0.717, 1.165) is 4.90 Å². The Balaban J connectivity index is 1.46. The minimum atomic E-state index is -4.18. The minimum absolute atomic E-state index is 0.158. The summed E-state index contributed by atoms with van der Waals surface area (Å²) in [5, 5.41) is 2.87. The Labute approximate surface area is 179 Å². The molecule has 0 atom stereocenters. The number of nitrogens with one attached hydrogen (secondary N) is 1. The Morgan fingerprint density at radius 1 is 1.00 bits per heavy atom. The molecule has 0 aromatic heterocycles. The first-order valence-electron chi connectivity index (χ1n) is 9.84. The molecule has 4 nitrogen and oxygen atoms in total. The number of carbonyl (C=O) groups excluding carboxylic acids is 1. The fourth-order valence-corrected chi connectivity index (χ4v) is 4.31. The van der Waals surface area contributed by atoms with Gasteiger partial charge in [-0.15, -0.1) is 0 Å². The van der Waals surface area contributed by atoms with Gasteiger partial charge in [0.25, 0.3) is 0 Å². The summed E-state index contributed by atoms with van der Waals surface area (Å²) in [4.78, 5) is 17.8. The first kappa shape index (κ1) is 22.7. The van der Waals surface area contributed by atoms with Crippen LogP contribution in [0.15, 0.2) is 52.3 Å². The molecule has 0 saturated carbocycles. The molecule has 0 radical (unpaired) electrons. The highest BCUT2D eigenvalue weighted by atomic mass is 32.2. The van der Waals surface area contributed by atoms with E-state index in [4.69, 9.17) is 0 Å². The maximum absolute atomic E-state index is 12.5. The molecule has 1 saturated heterocycles. The predicted octanol–water partition coefficient (Wildman–Crippen LogP) is 4.57. The largest absolute Gasteiger partial charge is 0.401 e. The first-order chi connectivity index (χ1) is 14.2. The van der Waals surface area contributed by atoms with Crippen molar-refractivity contribution in [1.29, 1.82) is 0 Å². The molecule has 0 bridgehead atoms. The van der Waals surface area contributed by atoms with E-state index in [1.54, 1.807) is 11.8 Å². The second kappa shape index (κ2) is 9.85. The highest BCUT2D eigenvalue weighted by Crippen LogP contribution is 2.31. The van der Waals surface area contributed by atoms with E-state index in [-0.39, 0.29) is 12.5 Å². The zero-order valence-corrected chi connectivity index (χ0v) is 17.9. The quantitative estimate of drug-likeness (QED) is 0.718. The fraction of sp³-hybridized carbons (Fsp3) is 0.409. The standard InChI is InChI=1S/C22H26F3N3OS/c1-16-3-4-17(2)20(13-16)30-19-7-5-18(6-8-19)26-21(29)14-27-9-11-28(12-10-27)15-22(23,24)25/h3-8,13H,9-12,14-15H2,1-2H3,(H,26,29). The van der Waals surface area contributed by atoms with Gasteiger partial charge in [0.2, 0.25) is 5.91 Å². The number of carbonyl (C=O) groups is 1. The lowest BCUT2D eigenvalue weighted by Crippen LogP contribution is -2.50. The van der Waals surface area contributed by atoms with Gasteiger partial charge >= 0.3 is 6.18 Å². The molecule has 1 heterocycles. The third kappa shape index (κ3) is 7.04. The van der Waals surface area contributed by atoms with Gasteiger partial charge in [-0.25, -0.2) is 0 Å². The van der Waals surface area contributed by atoms with Gasteiger partial charge in [-0.2, -0.15) is 13.2 Å². The number of benzene rings is 2. The second-order valence-electron chi connectivity index (χ2n) is 7.61. The Bertz CT molecular complexity index is 863. The molecule has 8 heteroatoms. The molecule has 1 N–H and O–H groups in total. The van der Waals surface area contributed by atoms with Crippen LogP contribution in [0.2, 0.25) is 0 Å². The smallest absolute Gasteiger partial charge is 0.325 e. The Morgan fingerprint density at radius 3 is 2.27 bits per heavy atom. The van der Waals surface area contributed by atoms with Gasteiger partial charge in [0, 0.05) is 41.7 Å². The van der Waals surface area contributed by atoms with Gasteiger partial charge in [-0.1, -0.05) is 23.9 Å². The van der Waals surface area contributed by atoms with Crippen molar-refractivity contribution in [3.8, 4) is 0 Å². The molecular formula is C22H26F3N3OS. The van der Waals surface area contributed by atoms with Crippen molar-refractivity contribution < 1.29 is 18.0 Å². The van der Waals surface area contributed by atoms with Crippen LogP contribution in [-0.2, 0) is 4.79 Å². The van der Waals surface area contributed by atoms with E-state index in [1.165, 1.54) is 20.9 Å². The lowest BCUT2D eigenvalue weighted by molar-refractivity contribution is -0.149. The summed E-state index contributed by atoms with van der Waals surface area (Å²) in [5.74, 6) is -0.158. The van der Waals surface area contributed by atoms with E-state index in [9.17, 15) is 18.0 Å². The fourth-order valence-electron chi connectivity index (χ4n) is 3.31. The van der Waals surface area contributed by atoms with Gasteiger partial charge in [0.1, 0.15) is 0 Å². The van der Waals surface area contributed by atoms with Crippen LogP contribution in [0, 0.1) is 13.8 Å². The summed E-state index contributed by atoms with van der Waals surface area (Å²) in [5.41, 5.74) is 3.14. The second-order valence-corrected chi connectivity index (χ2v) is 8.73. The summed E-state index contributed by atoms with van der Waals surface area (Å²) < 4.78 is 37.4. The lowest BCUT2D eigenvalue weighted by Gasteiger charge is -2.34. The number of amides is 1. The number of aryl methyl sites for hydroxylation is 2. The van der Waals surface area contributed by atoms with Gasteiger partial charge in [-0.05, 0) is 55.3 Å². The Morgan fingerprint density at radius 2 is 1.63 bits per heavy atom. The van der Waals surface area contributed by atoms with E-state index >= 15 is 0 Å². The van der Waals surface area contributed by atoms with Crippen molar-refractivity contribution in [2.45, 2.75) is 29.8 Å². The molecule has 162 valence electrons. The van der Waals surface area contributed by atoms with Crippen molar-refractivity contribution in [2.75, 3.05) is 44.6 Å². The van der Waals surface area contributed by atoms with Gasteiger partial charge < -0.3 is 5.32 Å². The molecule has 1 fully saturated rings. The molecule has 1 aliphatic rings. The summed E-state index contributed by atoms with van der Waals surface area (Å²) in [7, 11) is 0. The molecule has 2 aromatic carbocycles. The SMILES string of the molecule is Cc1ccc(C)c(Sc2ccc(NC(=O)CN3CCN(CC(F)(F)F)CC3)cc2)c1. The highest BCUT2D eigenvalue weighted by molar-refractivity contribution is 7.99. The average molecular weight is 438 g/mol. The van der Waals surface area contributed by atoms with Crippen LogP contribution in [-0.4, -0.2) is 61.2 Å². The lowest BCUT2D eigenvalue weighted by atomic mass is 10.2. The van der Waals surface area contributed by atoms with E-state index < -0.39 is 12.7 Å². The third-order valence-electron chi connectivity index (χ3n) is 4.94. The molecule has 2 aromatic rings. The number of nitrogens with zero attached hydrogens (tertiary/aromatic N) is 2. The first-order valence-corrected chi connectivity index (χ1v) is 10.7. The van der Waals surface area contributed by atoms with Crippen LogP contribution < -0.4 is 5.32 Å². The van der Waals surface area contributed by atoms with Crippen LogP contribution in [0.5, 0.6) is 0 Å². The number of hydrogen-bond acceptors (Lipinski definition) is 4. The van der Waals surface area contributed by atoms with Gasteiger partial charge in [-0.3, -0.25) is 14.6 Å². The molecule has 3 rings (SSSR count). The zero-order valence-electron chi connectivity index (χ0n) is 17.1. The van der Waals surface area contributed by atoms with Crippen molar-refractivity contribution in [3.05, 3.63) is 53.6 Å². The van der Waals surface area contributed by atoms with Crippen molar-refractivity contribution in [1.82, 2.24) is 9.80 Å². The number of halogens is 3. The topological polar surface area (TPSA) is 35.6 Å². The number of rotatable bonds is 6. The van der Waals surface area contributed by atoms with Gasteiger partial charge in [0.15, 0.2) is 0 Å². The van der Waals surface area contributed by atoms with E-state index in [2.05, 4.69) is 37.4 Å². The third-order valence-corrected chi connectivity index (χ3v) is 6.11. The molecule has 30 heavy (non-hydrogen) atoms. The van der Waals surface area contributed by atoms with E-state index in [0.29, 0.717) is 31.9 Å². The van der Waals surface area contributed by atoms with Crippen molar-refractivity contribution >= 4 is 23.4 Å². The number of alkyl halides is 3. The molecule has 1 amide bonds. The van der Waals surface area contributed by atoms with Crippen LogP contribution in [0.3, 0.4) is 0 Å². The number of anilines is 1. The van der Waals surface area contributed by atoms with Crippen LogP contribution in [0.1, 0.15) is 11.1 Å².